The van der Waals surface area contributed by atoms with Crippen molar-refractivity contribution in [3.05, 3.63) is 30.1 Å². The number of hydrogen-bond donors (Lipinski definition) is 0. The standard InChI is InChI=1S/C14H16N2/c1-3-5-11-16-13-10-7-6-9-12(13)15-14(16)8-4-2/h1,6-7,9-10H,4-5,8,11H2,2H3. The van der Waals surface area contributed by atoms with E-state index in [1.165, 1.54) is 5.52 Å². The molecule has 1 aromatic carbocycles. The van der Waals surface area contributed by atoms with E-state index < -0.39 is 0 Å². The molecule has 0 aliphatic heterocycles. The number of terminal acetylenes is 1. The SMILES string of the molecule is C#CCCn1c(CCC)nc2ccccc21. The molecule has 0 aliphatic carbocycles. The average molecular weight is 212 g/mol. The molecule has 0 unspecified atom stereocenters. The molecule has 0 radical (unpaired) electrons. The van der Waals surface area contributed by atoms with Crippen molar-refractivity contribution in [3.8, 4) is 12.3 Å². The van der Waals surface area contributed by atoms with E-state index in [1.807, 2.05) is 12.1 Å². The van der Waals surface area contributed by atoms with Gasteiger partial charge < -0.3 is 4.57 Å². The molecule has 0 bridgehead atoms. The van der Waals surface area contributed by atoms with Crippen molar-refractivity contribution in [2.24, 2.45) is 0 Å². The van der Waals surface area contributed by atoms with E-state index in [4.69, 9.17) is 6.42 Å². The third kappa shape index (κ3) is 1.94. The van der Waals surface area contributed by atoms with E-state index in [-0.39, 0.29) is 0 Å². The number of para-hydroxylation sites is 2. The lowest BCUT2D eigenvalue weighted by Gasteiger charge is -2.05. The Kier molecular flexibility index (Phi) is 3.26. The summed E-state index contributed by atoms with van der Waals surface area (Å²) >= 11 is 0. The van der Waals surface area contributed by atoms with Crippen LogP contribution < -0.4 is 0 Å². The molecule has 1 heterocycles. The lowest BCUT2D eigenvalue weighted by molar-refractivity contribution is 0.674. The van der Waals surface area contributed by atoms with Crippen LogP contribution in [0.2, 0.25) is 0 Å². The van der Waals surface area contributed by atoms with Crippen molar-refractivity contribution < 1.29 is 0 Å². The fourth-order valence-corrected chi connectivity index (χ4v) is 1.97. The van der Waals surface area contributed by atoms with Gasteiger partial charge in [0.2, 0.25) is 0 Å². The normalized spacial score (nSPS) is 10.5. The maximum absolute atomic E-state index is 5.33. The number of fused-ring (bicyclic) bond motifs is 1. The van der Waals surface area contributed by atoms with Crippen molar-refractivity contribution in [1.29, 1.82) is 0 Å². The highest BCUT2D eigenvalue weighted by atomic mass is 15.1. The van der Waals surface area contributed by atoms with Gasteiger partial charge in [-0.15, -0.1) is 12.3 Å². The van der Waals surface area contributed by atoms with E-state index >= 15 is 0 Å². The Labute approximate surface area is 96.3 Å². The summed E-state index contributed by atoms with van der Waals surface area (Å²) in [5, 5.41) is 0. The van der Waals surface area contributed by atoms with Crippen LogP contribution >= 0.6 is 0 Å². The minimum Gasteiger partial charge on any atom is -0.327 e. The first-order valence-corrected chi connectivity index (χ1v) is 5.74. The second-order valence-electron chi connectivity index (χ2n) is 3.87. The molecule has 2 aromatic rings. The number of benzene rings is 1. The maximum atomic E-state index is 5.33. The number of nitrogens with zero attached hydrogens (tertiary/aromatic N) is 2. The van der Waals surface area contributed by atoms with Crippen molar-refractivity contribution in [3.63, 3.8) is 0 Å². The summed E-state index contributed by atoms with van der Waals surface area (Å²) in [6.45, 7) is 3.04. The second kappa shape index (κ2) is 4.85. The third-order valence-corrected chi connectivity index (χ3v) is 2.69. The van der Waals surface area contributed by atoms with E-state index in [2.05, 4.69) is 34.5 Å². The Morgan fingerprint density at radius 2 is 2.19 bits per heavy atom. The smallest absolute Gasteiger partial charge is 0.109 e. The molecule has 16 heavy (non-hydrogen) atoms. The van der Waals surface area contributed by atoms with E-state index in [0.717, 1.165) is 37.1 Å². The van der Waals surface area contributed by atoms with Crippen molar-refractivity contribution in [1.82, 2.24) is 9.55 Å². The Balaban J connectivity index is 2.47. The topological polar surface area (TPSA) is 17.8 Å². The van der Waals surface area contributed by atoms with Crippen LogP contribution in [-0.2, 0) is 13.0 Å². The van der Waals surface area contributed by atoms with Crippen LogP contribution in [0.15, 0.2) is 24.3 Å². The van der Waals surface area contributed by atoms with E-state index in [1.54, 1.807) is 0 Å². The molecule has 0 spiro atoms. The van der Waals surface area contributed by atoms with Gasteiger partial charge in [-0.1, -0.05) is 19.1 Å². The monoisotopic (exact) mass is 212 g/mol. The summed E-state index contributed by atoms with van der Waals surface area (Å²) in [5.41, 5.74) is 2.27. The molecule has 2 heteroatoms. The van der Waals surface area contributed by atoms with Gasteiger partial charge in [0.15, 0.2) is 0 Å². The predicted molar refractivity (Wildman–Crippen MR) is 67.2 cm³/mol. The Morgan fingerprint density at radius 3 is 2.94 bits per heavy atom. The molecule has 1 aromatic heterocycles. The minimum absolute atomic E-state index is 0.761. The first kappa shape index (κ1) is 10.8. The molecular formula is C14H16N2. The van der Waals surface area contributed by atoms with Crippen LogP contribution in [0.5, 0.6) is 0 Å². The molecule has 0 atom stereocenters. The summed E-state index contributed by atoms with van der Waals surface area (Å²) < 4.78 is 2.25. The molecule has 0 aliphatic rings. The van der Waals surface area contributed by atoms with Crippen LogP contribution in [0.4, 0.5) is 0 Å². The molecular weight excluding hydrogens is 196 g/mol. The summed E-state index contributed by atoms with van der Waals surface area (Å²) in [6.07, 6.45) is 8.21. The zero-order valence-electron chi connectivity index (χ0n) is 9.61. The first-order valence-electron chi connectivity index (χ1n) is 5.74. The molecule has 0 amide bonds. The number of aryl methyl sites for hydroxylation is 2. The van der Waals surface area contributed by atoms with Gasteiger partial charge in [-0.3, -0.25) is 0 Å². The quantitative estimate of drug-likeness (QED) is 0.712. The molecule has 0 saturated carbocycles. The molecule has 2 rings (SSSR count). The largest absolute Gasteiger partial charge is 0.327 e. The zero-order valence-corrected chi connectivity index (χ0v) is 9.61. The van der Waals surface area contributed by atoms with Crippen LogP contribution in [-0.4, -0.2) is 9.55 Å². The van der Waals surface area contributed by atoms with Gasteiger partial charge in [-0.2, -0.15) is 0 Å². The maximum Gasteiger partial charge on any atom is 0.109 e. The predicted octanol–water partition coefficient (Wildman–Crippen LogP) is 3.01. The van der Waals surface area contributed by atoms with E-state index in [9.17, 15) is 0 Å². The Hall–Kier alpha value is -1.75. The highest BCUT2D eigenvalue weighted by molar-refractivity contribution is 5.75. The summed E-state index contributed by atoms with van der Waals surface area (Å²) in [6, 6.07) is 8.24. The Bertz CT molecular complexity index is 517. The zero-order chi connectivity index (χ0) is 11.4. The summed E-state index contributed by atoms with van der Waals surface area (Å²) in [7, 11) is 0. The van der Waals surface area contributed by atoms with Gasteiger partial charge in [-0.25, -0.2) is 4.98 Å². The number of imidazole rings is 1. The van der Waals surface area contributed by atoms with Gasteiger partial charge in [-0.05, 0) is 18.6 Å². The van der Waals surface area contributed by atoms with Crippen LogP contribution in [0.1, 0.15) is 25.6 Å². The van der Waals surface area contributed by atoms with Crippen LogP contribution in [0.3, 0.4) is 0 Å². The molecule has 0 fully saturated rings. The van der Waals surface area contributed by atoms with Crippen molar-refractivity contribution in [2.75, 3.05) is 0 Å². The number of aromatic nitrogens is 2. The number of rotatable bonds is 4. The van der Waals surface area contributed by atoms with Gasteiger partial charge in [0.05, 0.1) is 11.0 Å². The fraction of sp³-hybridized carbons (Fsp3) is 0.357. The van der Waals surface area contributed by atoms with Gasteiger partial charge >= 0.3 is 0 Å². The lowest BCUT2D eigenvalue weighted by atomic mass is 10.3. The molecule has 82 valence electrons. The first-order chi connectivity index (χ1) is 7.86. The minimum atomic E-state index is 0.761. The van der Waals surface area contributed by atoms with Gasteiger partial charge in [0, 0.05) is 19.4 Å². The van der Waals surface area contributed by atoms with Crippen molar-refractivity contribution >= 4 is 11.0 Å². The second-order valence-corrected chi connectivity index (χ2v) is 3.87. The summed E-state index contributed by atoms with van der Waals surface area (Å²) in [4.78, 5) is 4.65. The highest BCUT2D eigenvalue weighted by Gasteiger charge is 2.08. The molecule has 2 nitrogen and oxygen atoms in total. The van der Waals surface area contributed by atoms with Crippen LogP contribution in [0, 0.1) is 12.3 Å². The van der Waals surface area contributed by atoms with Gasteiger partial charge in [0.1, 0.15) is 5.82 Å². The van der Waals surface area contributed by atoms with Crippen molar-refractivity contribution in [2.45, 2.75) is 32.7 Å². The molecule has 0 N–H and O–H groups in total. The van der Waals surface area contributed by atoms with Crippen LogP contribution in [0.25, 0.3) is 11.0 Å². The lowest BCUT2D eigenvalue weighted by Crippen LogP contribution is -2.03. The van der Waals surface area contributed by atoms with Gasteiger partial charge in [0.25, 0.3) is 0 Å². The number of hydrogen-bond acceptors (Lipinski definition) is 1. The van der Waals surface area contributed by atoms with E-state index in [0.29, 0.717) is 0 Å². The average Bonchev–Trinajstić information content (AvgIpc) is 2.65. The third-order valence-electron chi connectivity index (χ3n) is 2.69. The fourth-order valence-electron chi connectivity index (χ4n) is 1.97. The Morgan fingerprint density at radius 1 is 1.38 bits per heavy atom. The molecule has 0 saturated heterocycles. The summed E-state index contributed by atoms with van der Waals surface area (Å²) in [5.74, 6) is 3.84. The highest BCUT2D eigenvalue weighted by Crippen LogP contribution is 2.17.